The molecule has 19 nitrogen and oxygen atoms in total. The fourth-order valence-electron chi connectivity index (χ4n) is 14.8. The highest BCUT2D eigenvalue weighted by Crippen LogP contribution is 2.48. The number of benzene rings is 8. The van der Waals surface area contributed by atoms with Crippen molar-refractivity contribution in [3.8, 4) is 5.75 Å². The van der Waals surface area contributed by atoms with Gasteiger partial charge in [-0.2, -0.15) is 105 Å². The van der Waals surface area contributed by atoms with E-state index in [1.165, 1.54) is 104 Å². The van der Waals surface area contributed by atoms with Gasteiger partial charge in [-0.05, 0) is 240 Å². The molecule has 3 aromatic heterocycles. The Bertz CT molecular complexity index is 6160. The number of phenols is 1. The second-order valence-corrected chi connectivity index (χ2v) is 31.5. The number of carboxylic acid groups (broad SMARTS) is 2. The molecule has 6 atom stereocenters. The van der Waals surface area contributed by atoms with Crippen molar-refractivity contribution >= 4 is 68.6 Å². The van der Waals surface area contributed by atoms with Gasteiger partial charge in [0.25, 0.3) is 0 Å². The van der Waals surface area contributed by atoms with E-state index in [1.54, 1.807) is 20.8 Å². The number of nitrogens with zero attached hydrogens (tertiary/aromatic N) is 6. The number of aryl methyl sites for hydroxylation is 3. The van der Waals surface area contributed by atoms with Gasteiger partial charge in [-0.15, -0.1) is 0 Å². The maximum atomic E-state index is 13.7. The van der Waals surface area contributed by atoms with E-state index < -0.39 is 160 Å². The number of amides is 3. The van der Waals surface area contributed by atoms with Crippen molar-refractivity contribution in [2.45, 2.75) is 203 Å². The van der Waals surface area contributed by atoms with Crippen LogP contribution in [0.1, 0.15) is 228 Å². The van der Waals surface area contributed by atoms with Crippen molar-refractivity contribution in [3.63, 3.8) is 0 Å². The Morgan fingerprint density at radius 1 is 0.421 bits per heavy atom. The lowest BCUT2D eigenvalue weighted by Crippen LogP contribution is -2.48. The van der Waals surface area contributed by atoms with Crippen LogP contribution in [-0.2, 0) is 83.1 Å². The zero-order valence-corrected chi connectivity index (χ0v) is 73.6. The number of aromatic nitrogens is 3. The zero-order chi connectivity index (χ0) is 103. The Morgan fingerprint density at radius 3 is 1.22 bits per heavy atom. The quantitative estimate of drug-likeness (QED) is 0.0531. The first-order chi connectivity index (χ1) is 63.4. The number of fused-ring (bicyclic) bond motifs is 5. The number of phenolic OH excluding ortho intramolecular Hbond substituents is 1. The number of aromatic hydroxyl groups is 1. The molecule has 8 aromatic carbocycles. The third kappa shape index (κ3) is 30.9. The van der Waals surface area contributed by atoms with E-state index in [0.717, 1.165) is 129 Å². The van der Waals surface area contributed by atoms with E-state index >= 15 is 0 Å². The van der Waals surface area contributed by atoms with Gasteiger partial charge < -0.3 is 39.7 Å². The van der Waals surface area contributed by atoms with Gasteiger partial charge in [0.15, 0.2) is 0 Å². The summed E-state index contributed by atoms with van der Waals surface area (Å²) in [5.74, 6) is -3.34. The van der Waals surface area contributed by atoms with Crippen LogP contribution in [0.3, 0.4) is 0 Å². The maximum Gasteiger partial charge on any atom is 0.419 e. The molecule has 0 fully saturated rings. The van der Waals surface area contributed by atoms with E-state index in [0.29, 0.717) is 69.9 Å². The summed E-state index contributed by atoms with van der Waals surface area (Å²) < 4.78 is 325. The number of carbonyl (C=O) groups excluding carboxylic acids is 3. The maximum absolute atomic E-state index is 13.7. The van der Waals surface area contributed by atoms with E-state index in [9.17, 15) is 145 Å². The SMILES string of the molecule is C.C.C.CC(O)c1ccc2cc(C(F)(F)F)c(O)cc2n1.CC(O)c1ccc2cc(C(F)(F)F)ccc2n1.CCOC(=O)N1c2ccc(C(F)(F)F)cc2[C@@H](N(Cc2cc(C)cc(C(F)(F)F)c2)C(=O)OC)C[C@H]1CC.CC[C@H]1Cc2ccc(C(F)(F)F)cc2[C@@H](N(Cc2cc(C)cc(C(F)(F)F)c2)C(=O)OC)C1.Cc1cc(C(=O)O)cc(C(F)(F)F)c1.O=C(O)c1ccc2cc(C(F)(F)F)ccc2n1. The number of rotatable bonds is 13. The molecule has 0 spiro atoms. The van der Waals surface area contributed by atoms with Crippen LogP contribution in [0.2, 0.25) is 0 Å². The molecule has 0 saturated carbocycles. The van der Waals surface area contributed by atoms with Gasteiger partial charge in [0.05, 0.1) is 129 Å². The number of aromatic carboxylic acids is 2. The zero-order valence-electron chi connectivity index (χ0n) is 73.6. The number of carboxylic acids is 2. The normalized spacial score (nSPS) is 15.2. The lowest BCUT2D eigenvalue weighted by atomic mass is 9.78. The van der Waals surface area contributed by atoms with Crippen LogP contribution in [0.4, 0.5) is 125 Å². The number of anilines is 1. The van der Waals surface area contributed by atoms with Crippen LogP contribution in [0, 0.1) is 26.7 Å². The molecule has 762 valence electrons. The molecule has 1 aliphatic heterocycles. The number of carbonyl (C=O) groups is 5. The molecule has 2 unspecified atom stereocenters. The molecule has 0 radical (unpaired) electrons. The first kappa shape index (κ1) is 117. The van der Waals surface area contributed by atoms with Crippen molar-refractivity contribution in [1.29, 1.82) is 0 Å². The summed E-state index contributed by atoms with van der Waals surface area (Å²) in [6, 6.07) is 30.0. The van der Waals surface area contributed by atoms with Gasteiger partial charge in [0.1, 0.15) is 11.4 Å². The predicted octanol–water partition coefficient (Wildman–Crippen LogP) is 28.7. The molecule has 4 heterocycles. The fourth-order valence-corrected chi connectivity index (χ4v) is 14.8. The Kier molecular flexibility index (Phi) is 39.5. The van der Waals surface area contributed by atoms with Crippen molar-refractivity contribution < 1.29 is 169 Å². The van der Waals surface area contributed by atoms with Gasteiger partial charge in [-0.1, -0.05) is 90.1 Å². The minimum Gasteiger partial charge on any atom is -0.507 e. The molecular weight excluding hydrogens is 1910 g/mol. The topological polar surface area (TPSA) is 263 Å². The number of aliphatic hydroxyl groups is 2. The first-order valence-corrected chi connectivity index (χ1v) is 41.0. The highest BCUT2D eigenvalue weighted by molar-refractivity contribution is 5.92. The minimum absolute atomic E-state index is 0. The Balaban J connectivity index is 0.000000307. The van der Waals surface area contributed by atoms with E-state index in [1.807, 2.05) is 6.92 Å². The molecule has 13 rings (SSSR count). The molecule has 11 aromatic rings. The number of aliphatic hydroxyl groups excluding tert-OH is 2. The van der Waals surface area contributed by atoms with Gasteiger partial charge in [0.2, 0.25) is 0 Å². The van der Waals surface area contributed by atoms with E-state index in [-0.39, 0.29) is 115 Å². The van der Waals surface area contributed by atoms with Crippen LogP contribution in [0.5, 0.6) is 5.75 Å². The van der Waals surface area contributed by atoms with Crippen LogP contribution in [0.15, 0.2) is 176 Å². The second-order valence-electron chi connectivity index (χ2n) is 31.5. The third-order valence-electron chi connectivity index (χ3n) is 21.4. The molecule has 1 aliphatic carbocycles. The standard InChI is InChI=1S/C26H28F6N2O4.C24H25F6NO2.C12H10F3NO2.C12H10F3NO.C11H6F3NO2.C9H7F3O2.3CH4/c1-5-19-13-22(20-12-17(25(27,28)29)7-8-21(20)34(19)24(36)38-6-2)33(23(35)37-4)14-16-9-15(3)10-18(11-16)26(30,31)32;1-4-15-9-17-5-6-18(23(25,26)27)12-20(17)21(11-15)31(22(32)33-3)13-16-7-14(2)8-19(10-16)24(28,29)30;1-6(17)9-3-2-7-4-8(12(13,14)15)11(18)5-10(7)16-9;1-7(17)10-4-2-8-6-9(12(13,14)15)3-5-11(8)16-10;12-11(13,14)7-2-4-8-6(5-7)1-3-9(15-8)10(16)17;1-5-2-6(8(13)14)4-7(3-5)9(10,11)12;;;/h7-12,19,22H,5-6,13-14H2,1-4H3;5-8,10,12,15,21H,4,9,11,13H2,1-3H3;2-6,17-18H,1H3;2-7,17H,1H3;1-5H,(H,16,17);2-4H,1H3,(H,13,14);3*1H4/t19-,22+;15-,21-;;;;;;;/m10......./s1. The molecule has 0 saturated heterocycles. The molecule has 2 aliphatic rings. The number of hydrogen-bond donors (Lipinski definition) is 5. The van der Waals surface area contributed by atoms with Gasteiger partial charge in [0, 0.05) is 41.4 Å². The number of alkyl halides is 24. The smallest absolute Gasteiger partial charge is 0.419 e. The first-order valence-electron chi connectivity index (χ1n) is 41.0. The Morgan fingerprint density at radius 2 is 0.814 bits per heavy atom. The largest absolute Gasteiger partial charge is 0.507 e. The molecule has 3 amide bonds. The van der Waals surface area contributed by atoms with Crippen molar-refractivity contribution in [3.05, 3.63) is 288 Å². The summed E-state index contributed by atoms with van der Waals surface area (Å²) in [5, 5.41) is 46.1. The van der Waals surface area contributed by atoms with Crippen LogP contribution in [-0.4, -0.2) is 107 Å². The van der Waals surface area contributed by atoms with Crippen molar-refractivity contribution in [2.75, 3.05) is 25.7 Å². The minimum atomic E-state index is -4.72. The van der Waals surface area contributed by atoms with Crippen LogP contribution >= 0.6 is 0 Å². The van der Waals surface area contributed by atoms with Crippen molar-refractivity contribution in [1.82, 2.24) is 24.8 Å². The number of ether oxygens (including phenoxy) is 3. The molecular formula is C97H98F24N6O13. The number of hydrogen-bond acceptors (Lipinski definition) is 14. The fraction of sp³-hybridized carbons (Fsp3) is 0.361. The van der Waals surface area contributed by atoms with Gasteiger partial charge in [-0.25, -0.2) is 33.9 Å². The summed E-state index contributed by atoms with van der Waals surface area (Å²) in [6.45, 7) is 12.2. The average Bonchev–Trinajstić information content (AvgIpc) is 0.766. The van der Waals surface area contributed by atoms with E-state index in [2.05, 4.69) is 15.0 Å². The lowest BCUT2D eigenvalue weighted by molar-refractivity contribution is -0.139. The third-order valence-corrected chi connectivity index (χ3v) is 21.4. The summed E-state index contributed by atoms with van der Waals surface area (Å²) >= 11 is 0. The average molecular weight is 2010 g/mol. The number of halogens is 24. The summed E-state index contributed by atoms with van der Waals surface area (Å²) in [5.41, 5.74) is -3.57. The Hall–Kier alpha value is -13.2. The van der Waals surface area contributed by atoms with Crippen LogP contribution < -0.4 is 4.90 Å². The molecule has 0 bridgehead atoms. The summed E-state index contributed by atoms with van der Waals surface area (Å²) in [4.78, 5) is 75.0. The summed E-state index contributed by atoms with van der Waals surface area (Å²) in [6.07, 6.45) is -38.3. The highest BCUT2D eigenvalue weighted by Gasteiger charge is 2.45. The predicted molar refractivity (Wildman–Crippen MR) is 470 cm³/mol. The molecule has 5 N–H and O–H groups in total. The molecule has 43 heteroatoms. The van der Waals surface area contributed by atoms with E-state index in [4.69, 9.17) is 24.4 Å². The second kappa shape index (κ2) is 47.2. The molecule has 140 heavy (non-hydrogen) atoms. The monoisotopic (exact) mass is 2010 g/mol. The number of pyridine rings is 3. The van der Waals surface area contributed by atoms with Gasteiger partial charge >= 0.3 is 79.6 Å². The lowest BCUT2D eigenvalue weighted by Gasteiger charge is -2.43. The number of methoxy groups -OCH3 is 2. The van der Waals surface area contributed by atoms with Gasteiger partial charge in [-0.3, -0.25) is 19.7 Å². The van der Waals surface area contributed by atoms with Crippen molar-refractivity contribution in [2.24, 2.45) is 5.92 Å². The summed E-state index contributed by atoms with van der Waals surface area (Å²) in [7, 11) is 2.21. The highest BCUT2D eigenvalue weighted by atomic mass is 19.4. The Labute approximate surface area is 787 Å². The van der Waals surface area contributed by atoms with Crippen LogP contribution in [0.25, 0.3) is 32.7 Å².